The number of halogens is 2. The van der Waals surface area contributed by atoms with Gasteiger partial charge in [0, 0.05) is 6.84 Å². The van der Waals surface area contributed by atoms with Crippen molar-refractivity contribution in [2.45, 2.75) is 34.5 Å². The molecule has 0 aromatic heterocycles. The van der Waals surface area contributed by atoms with Crippen molar-refractivity contribution in [3.63, 3.8) is 0 Å². The molecule has 0 spiro atoms. The molecule has 0 atom stereocenters. The average Bonchev–Trinajstić information content (AvgIpc) is 2.14. The zero-order valence-corrected chi connectivity index (χ0v) is 14.3. The third kappa shape index (κ3) is 3.33. The fraction of sp³-hybridized carbons (Fsp3) is 0.462. The van der Waals surface area contributed by atoms with Crippen molar-refractivity contribution in [3.8, 4) is 6.07 Å². The minimum absolute atomic E-state index is 0.0440. The summed E-state index contributed by atoms with van der Waals surface area (Å²) in [5.74, 6) is 0. The van der Waals surface area contributed by atoms with Gasteiger partial charge in [-0.25, -0.2) is 0 Å². The first-order valence-corrected chi connectivity index (χ1v) is 7.25. The van der Waals surface area contributed by atoms with Crippen molar-refractivity contribution >= 4 is 45.2 Å². The summed E-state index contributed by atoms with van der Waals surface area (Å²) in [6, 6.07) is 8.22. The van der Waals surface area contributed by atoms with Crippen LogP contribution in [0.1, 0.15) is 44.4 Å². The van der Waals surface area contributed by atoms with Crippen molar-refractivity contribution in [2.24, 2.45) is 0 Å². The van der Waals surface area contributed by atoms with Gasteiger partial charge in [0.2, 0.25) is 0 Å². The van der Waals surface area contributed by atoms with E-state index in [9.17, 15) is 0 Å². The van der Waals surface area contributed by atoms with Crippen molar-refractivity contribution in [1.82, 2.24) is 0 Å². The molecule has 0 unspecified atom stereocenters. The quantitative estimate of drug-likeness (QED) is 0.476. The molecular formula is C13H15I2N. The van der Waals surface area contributed by atoms with Gasteiger partial charge in [0.25, 0.3) is 0 Å². The first kappa shape index (κ1) is 14.2. The van der Waals surface area contributed by atoms with Gasteiger partial charge in [0.15, 0.2) is 0 Å². The Kier molecular flexibility index (Phi) is 4.28. The number of nitrogens with zero attached hydrogens (tertiary/aromatic N) is 1. The summed E-state index contributed by atoms with van der Waals surface area (Å²) in [6.07, 6.45) is 0. The molecule has 1 rings (SSSR count). The van der Waals surface area contributed by atoms with Crippen LogP contribution in [0.4, 0.5) is 0 Å². The van der Waals surface area contributed by atoms with Crippen LogP contribution in [0.25, 0.3) is 0 Å². The van der Waals surface area contributed by atoms with E-state index in [1.807, 2.05) is 12.1 Å². The normalized spacial score (nSPS) is 12.3. The van der Waals surface area contributed by atoms with Gasteiger partial charge >= 0.3 is 0 Å². The summed E-state index contributed by atoms with van der Waals surface area (Å²) in [5.41, 5.74) is 3.31. The third-order valence-electron chi connectivity index (χ3n) is 2.43. The molecule has 16 heavy (non-hydrogen) atoms. The van der Waals surface area contributed by atoms with Crippen molar-refractivity contribution in [2.75, 3.05) is 0 Å². The fourth-order valence-electron chi connectivity index (χ4n) is 1.62. The zero-order valence-electron chi connectivity index (χ0n) is 9.94. The molecule has 0 saturated heterocycles. The first-order valence-electron chi connectivity index (χ1n) is 5.09. The molecule has 1 aromatic carbocycles. The predicted octanol–water partition coefficient (Wildman–Crippen LogP) is 4.90. The van der Waals surface area contributed by atoms with Crippen LogP contribution in [0, 0.1) is 11.3 Å². The van der Waals surface area contributed by atoms with E-state index < -0.39 is 0 Å². The topological polar surface area (TPSA) is 23.8 Å². The number of alkyl halides is 2. The SMILES string of the molecule is CC(C)(I)c1ccc(C#N)cc1C(C)(C)I. The highest BCUT2D eigenvalue weighted by molar-refractivity contribution is 14.1. The lowest BCUT2D eigenvalue weighted by Gasteiger charge is -2.27. The summed E-state index contributed by atoms with van der Waals surface area (Å²) in [6.45, 7) is 8.74. The molecule has 0 heterocycles. The Labute approximate surface area is 125 Å². The second-order valence-electron chi connectivity index (χ2n) is 4.82. The second kappa shape index (κ2) is 4.81. The van der Waals surface area contributed by atoms with Gasteiger partial charge in [-0.3, -0.25) is 0 Å². The van der Waals surface area contributed by atoms with E-state index in [1.165, 1.54) is 11.1 Å². The summed E-state index contributed by atoms with van der Waals surface area (Å²) >= 11 is 4.87. The zero-order chi connectivity index (χ0) is 12.6. The Morgan fingerprint density at radius 1 is 1.00 bits per heavy atom. The van der Waals surface area contributed by atoms with Gasteiger partial charge in [0.05, 0.1) is 11.6 Å². The average molecular weight is 439 g/mol. The van der Waals surface area contributed by atoms with Crippen LogP contribution >= 0.6 is 45.2 Å². The summed E-state index contributed by atoms with van der Waals surface area (Å²) < 4.78 is 0.131. The van der Waals surface area contributed by atoms with Crippen molar-refractivity contribution < 1.29 is 0 Å². The minimum atomic E-state index is 0.0440. The Morgan fingerprint density at radius 3 is 1.88 bits per heavy atom. The Balaban J connectivity index is 3.47. The molecule has 0 aliphatic heterocycles. The molecule has 86 valence electrons. The Morgan fingerprint density at radius 2 is 1.50 bits per heavy atom. The monoisotopic (exact) mass is 439 g/mol. The third-order valence-corrected chi connectivity index (χ3v) is 3.59. The molecule has 0 N–H and O–H groups in total. The van der Waals surface area contributed by atoms with E-state index in [1.54, 1.807) is 0 Å². The van der Waals surface area contributed by atoms with Crippen LogP contribution in [-0.4, -0.2) is 0 Å². The van der Waals surface area contributed by atoms with Crippen LogP contribution in [0.5, 0.6) is 0 Å². The van der Waals surface area contributed by atoms with Crippen LogP contribution in [0.15, 0.2) is 18.2 Å². The van der Waals surface area contributed by atoms with E-state index in [4.69, 9.17) is 5.26 Å². The maximum Gasteiger partial charge on any atom is 0.0991 e. The van der Waals surface area contributed by atoms with Crippen LogP contribution < -0.4 is 0 Å². The predicted molar refractivity (Wildman–Crippen MR) is 85.2 cm³/mol. The van der Waals surface area contributed by atoms with E-state index in [-0.39, 0.29) is 6.84 Å². The van der Waals surface area contributed by atoms with E-state index >= 15 is 0 Å². The van der Waals surface area contributed by atoms with Crippen LogP contribution in [0.2, 0.25) is 0 Å². The number of benzene rings is 1. The molecule has 1 nitrogen and oxygen atoms in total. The number of rotatable bonds is 2. The first-order chi connectivity index (χ1) is 7.16. The number of hydrogen-bond donors (Lipinski definition) is 0. The molecule has 0 bridgehead atoms. The maximum atomic E-state index is 8.97. The smallest absolute Gasteiger partial charge is 0.0991 e. The minimum Gasteiger partial charge on any atom is -0.192 e. The fourth-order valence-corrected chi connectivity index (χ4v) is 2.54. The second-order valence-corrected chi connectivity index (χ2v) is 10.2. The summed E-state index contributed by atoms with van der Waals surface area (Å²) in [7, 11) is 0. The number of hydrogen-bond acceptors (Lipinski definition) is 1. The standard InChI is InChI=1S/C13H15I2N/c1-12(2,14)10-6-5-9(8-16)7-11(10)13(3,4)15/h5-7H,1-4H3. The van der Waals surface area contributed by atoms with Crippen LogP contribution in [-0.2, 0) is 6.84 Å². The van der Waals surface area contributed by atoms with E-state index in [0.29, 0.717) is 0 Å². The number of nitriles is 1. The van der Waals surface area contributed by atoms with Crippen molar-refractivity contribution in [3.05, 3.63) is 34.9 Å². The highest BCUT2D eigenvalue weighted by Gasteiger charge is 2.27. The maximum absolute atomic E-state index is 8.97. The van der Waals surface area contributed by atoms with Gasteiger partial charge in [-0.2, -0.15) is 5.26 Å². The molecule has 0 fully saturated rings. The van der Waals surface area contributed by atoms with Crippen molar-refractivity contribution in [1.29, 1.82) is 5.26 Å². The molecule has 0 saturated carbocycles. The molecule has 0 aliphatic carbocycles. The lowest BCUT2D eigenvalue weighted by molar-refractivity contribution is 0.751. The lowest BCUT2D eigenvalue weighted by Crippen LogP contribution is -2.17. The summed E-state index contributed by atoms with van der Waals surface area (Å²) in [5, 5.41) is 8.97. The van der Waals surface area contributed by atoms with E-state index in [2.05, 4.69) is 85.0 Å². The van der Waals surface area contributed by atoms with Gasteiger partial charge < -0.3 is 0 Å². The Hall–Kier alpha value is 0.170. The van der Waals surface area contributed by atoms with Gasteiger partial charge in [-0.1, -0.05) is 51.2 Å². The van der Waals surface area contributed by atoms with E-state index in [0.717, 1.165) is 5.56 Å². The highest BCUT2D eigenvalue weighted by atomic mass is 127. The molecule has 0 aliphatic rings. The highest BCUT2D eigenvalue weighted by Crippen LogP contribution is 2.41. The van der Waals surface area contributed by atoms with Crippen LogP contribution in [0.3, 0.4) is 0 Å². The molecule has 0 radical (unpaired) electrons. The van der Waals surface area contributed by atoms with Gasteiger partial charge in [-0.15, -0.1) is 0 Å². The Bertz CT molecular complexity index is 431. The molecule has 1 aromatic rings. The van der Waals surface area contributed by atoms with Gasteiger partial charge in [-0.05, 0) is 51.0 Å². The molecule has 0 amide bonds. The lowest BCUT2D eigenvalue weighted by atomic mass is 9.89. The molecule has 3 heteroatoms. The summed E-state index contributed by atoms with van der Waals surface area (Å²) in [4.78, 5) is 0. The van der Waals surface area contributed by atoms with Gasteiger partial charge in [0.1, 0.15) is 0 Å². The molecular weight excluding hydrogens is 424 g/mol. The largest absolute Gasteiger partial charge is 0.192 e.